The van der Waals surface area contributed by atoms with Crippen LogP contribution in [-0.2, 0) is 9.84 Å². The number of methoxy groups -OCH3 is 2. The Kier molecular flexibility index (Phi) is 5.11. The maximum absolute atomic E-state index is 11.6. The Balaban J connectivity index is 2.17. The van der Waals surface area contributed by atoms with Gasteiger partial charge in [0.05, 0.1) is 25.7 Å². The fraction of sp³-hybridized carbons (Fsp3) is 0.600. The molecule has 2 rings (SSSR count). The topological polar surface area (TPSA) is 64.6 Å². The molecular formula is C15H23NO4S. The van der Waals surface area contributed by atoms with E-state index in [4.69, 9.17) is 9.47 Å². The maximum atomic E-state index is 11.6. The van der Waals surface area contributed by atoms with E-state index in [0.717, 1.165) is 29.9 Å². The van der Waals surface area contributed by atoms with Crippen LogP contribution in [0, 0.1) is 5.92 Å². The molecule has 6 heteroatoms. The van der Waals surface area contributed by atoms with Crippen LogP contribution in [0.4, 0.5) is 0 Å². The molecule has 0 spiro atoms. The van der Waals surface area contributed by atoms with Gasteiger partial charge in [0.2, 0.25) is 0 Å². The summed E-state index contributed by atoms with van der Waals surface area (Å²) in [5.41, 5.74) is 1.05. The summed E-state index contributed by atoms with van der Waals surface area (Å²) in [4.78, 5) is 0. The average Bonchev–Trinajstić information content (AvgIpc) is 2.83. The van der Waals surface area contributed by atoms with Crippen molar-refractivity contribution in [2.45, 2.75) is 18.9 Å². The molecule has 0 bridgehead atoms. The van der Waals surface area contributed by atoms with Crippen LogP contribution in [0.1, 0.15) is 24.4 Å². The first kappa shape index (κ1) is 16.1. The van der Waals surface area contributed by atoms with Gasteiger partial charge >= 0.3 is 0 Å². The van der Waals surface area contributed by atoms with Gasteiger partial charge in [-0.05, 0) is 43.5 Å². The summed E-state index contributed by atoms with van der Waals surface area (Å²) in [5.74, 6) is 2.30. The molecule has 1 aromatic rings. The molecule has 2 atom stereocenters. The monoisotopic (exact) mass is 313 g/mol. The van der Waals surface area contributed by atoms with E-state index >= 15 is 0 Å². The van der Waals surface area contributed by atoms with Gasteiger partial charge in [-0.25, -0.2) is 8.42 Å². The second kappa shape index (κ2) is 6.66. The van der Waals surface area contributed by atoms with Gasteiger partial charge in [-0.3, -0.25) is 0 Å². The van der Waals surface area contributed by atoms with Gasteiger partial charge in [0.1, 0.15) is 11.5 Å². The van der Waals surface area contributed by atoms with E-state index in [2.05, 4.69) is 5.32 Å². The van der Waals surface area contributed by atoms with Crippen LogP contribution in [0.5, 0.6) is 11.5 Å². The van der Waals surface area contributed by atoms with Gasteiger partial charge in [0.15, 0.2) is 9.84 Å². The molecule has 1 heterocycles. The van der Waals surface area contributed by atoms with Gasteiger partial charge in [0.25, 0.3) is 0 Å². The molecule has 1 aliphatic heterocycles. The molecule has 1 aromatic carbocycles. The third kappa shape index (κ3) is 4.11. The molecule has 5 nitrogen and oxygen atoms in total. The second-order valence-corrected chi connectivity index (χ2v) is 7.72. The molecule has 0 aromatic heterocycles. The van der Waals surface area contributed by atoms with Crippen LogP contribution < -0.4 is 14.8 Å². The molecule has 0 saturated carbocycles. The molecule has 1 aliphatic rings. The minimum atomic E-state index is -2.83. The Morgan fingerprint density at radius 3 is 2.29 bits per heavy atom. The van der Waals surface area contributed by atoms with E-state index < -0.39 is 9.84 Å². The van der Waals surface area contributed by atoms with E-state index in [1.807, 2.05) is 25.2 Å². The first-order valence-corrected chi connectivity index (χ1v) is 8.90. The summed E-state index contributed by atoms with van der Waals surface area (Å²) in [7, 11) is 2.30. The first-order chi connectivity index (χ1) is 9.97. The zero-order chi connectivity index (χ0) is 15.5. The molecule has 1 N–H and O–H groups in total. The Labute approximate surface area is 126 Å². The normalized spacial score (nSPS) is 22.0. The highest BCUT2D eigenvalue weighted by molar-refractivity contribution is 7.91. The zero-order valence-corrected chi connectivity index (χ0v) is 13.6. The fourth-order valence-electron chi connectivity index (χ4n) is 2.84. The lowest BCUT2D eigenvalue weighted by Gasteiger charge is -2.21. The fourth-order valence-corrected chi connectivity index (χ4v) is 4.72. The van der Waals surface area contributed by atoms with Gasteiger partial charge in [-0.2, -0.15) is 0 Å². The quantitative estimate of drug-likeness (QED) is 0.867. The number of rotatable bonds is 6. The molecule has 0 amide bonds. The minimum absolute atomic E-state index is 0.0901. The zero-order valence-electron chi connectivity index (χ0n) is 12.8. The third-order valence-electron chi connectivity index (χ3n) is 4.02. The number of nitrogens with one attached hydrogen (secondary N) is 1. The van der Waals surface area contributed by atoms with Crippen molar-refractivity contribution in [3.63, 3.8) is 0 Å². The Hall–Kier alpha value is -1.27. The van der Waals surface area contributed by atoms with Crippen molar-refractivity contribution < 1.29 is 17.9 Å². The van der Waals surface area contributed by atoms with Crippen LogP contribution in [0.25, 0.3) is 0 Å². The van der Waals surface area contributed by atoms with Crippen molar-refractivity contribution >= 4 is 9.84 Å². The Bertz CT molecular complexity index is 563. The Morgan fingerprint density at radius 1 is 1.24 bits per heavy atom. The van der Waals surface area contributed by atoms with Gasteiger partial charge in [-0.1, -0.05) is 0 Å². The molecule has 0 aliphatic carbocycles. The third-order valence-corrected chi connectivity index (χ3v) is 5.86. The summed E-state index contributed by atoms with van der Waals surface area (Å²) >= 11 is 0. The number of hydrogen-bond acceptors (Lipinski definition) is 5. The van der Waals surface area contributed by atoms with Crippen molar-refractivity contribution in [3.8, 4) is 11.5 Å². The lowest BCUT2D eigenvalue weighted by Crippen LogP contribution is -2.20. The number of sulfone groups is 1. The number of ether oxygens (including phenoxy) is 2. The van der Waals surface area contributed by atoms with E-state index in [9.17, 15) is 8.42 Å². The highest BCUT2D eigenvalue weighted by Gasteiger charge is 2.30. The van der Waals surface area contributed by atoms with Crippen molar-refractivity contribution in [2.75, 3.05) is 32.8 Å². The van der Waals surface area contributed by atoms with Gasteiger partial charge < -0.3 is 14.8 Å². The standard InChI is InChI=1S/C15H23NO4S/c1-16-15(6-11-4-5-21(17,18)10-11)12-7-13(19-2)9-14(8-12)20-3/h7-9,11,15-16H,4-6,10H2,1-3H3. The number of hydrogen-bond donors (Lipinski definition) is 1. The van der Waals surface area contributed by atoms with E-state index in [-0.39, 0.29) is 12.0 Å². The molecule has 21 heavy (non-hydrogen) atoms. The van der Waals surface area contributed by atoms with Gasteiger partial charge in [-0.15, -0.1) is 0 Å². The first-order valence-electron chi connectivity index (χ1n) is 7.08. The van der Waals surface area contributed by atoms with Crippen molar-refractivity contribution in [1.29, 1.82) is 0 Å². The van der Waals surface area contributed by atoms with Gasteiger partial charge in [0, 0.05) is 12.1 Å². The SMILES string of the molecule is CNC(CC1CCS(=O)(=O)C1)c1cc(OC)cc(OC)c1. The lowest BCUT2D eigenvalue weighted by atomic mass is 9.94. The van der Waals surface area contributed by atoms with Crippen molar-refractivity contribution in [3.05, 3.63) is 23.8 Å². The minimum Gasteiger partial charge on any atom is -0.497 e. The van der Waals surface area contributed by atoms with E-state index in [1.54, 1.807) is 14.2 Å². The van der Waals surface area contributed by atoms with E-state index in [0.29, 0.717) is 11.5 Å². The summed E-state index contributed by atoms with van der Waals surface area (Å²) < 4.78 is 33.8. The molecule has 1 fully saturated rings. The number of benzene rings is 1. The molecule has 118 valence electrons. The summed E-state index contributed by atoms with van der Waals surface area (Å²) in [6.45, 7) is 0. The molecule has 1 saturated heterocycles. The van der Waals surface area contributed by atoms with Crippen molar-refractivity contribution in [2.24, 2.45) is 5.92 Å². The smallest absolute Gasteiger partial charge is 0.150 e. The Morgan fingerprint density at radius 2 is 1.86 bits per heavy atom. The van der Waals surface area contributed by atoms with Crippen LogP contribution in [0.2, 0.25) is 0 Å². The molecular weight excluding hydrogens is 290 g/mol. The largest absolute Gasteiger partial charge is 0.497 e. The summed E-state index contributed by atoms with van der Waals surface area (Å²) in [5, 5.41) is 3.27. The summed E-state index contributed by atoms with van der Waals surface area (Å²) in [6.07, 6.45) is 1.55. The second-order valence-electron chi connectivity index (χ2n) is 5.49. The van der Waals surface area contributed by atoms with Crippen molar-refractivity contribution in [1.82, 2.24) is 5.32 Å². The predicted molar refractivity (Wildman–Crippen MR) is 82.7 cm³/mol. The average molecular weight is 313 g/mol. The maximum Gasteiger partial charge on any atom is 0.150 e. The summed E-state index contributed by atoms with van der Waals surface area (Å²) in [6, 6.07) is 5.85. The highest BCUT2D eigenvalue weighted by atomic mass is 32.2. The molecule has 0 radical (unpaired) electrons. The molecule has 2 unspecified atom stereocenters. The van der Waals surface area contributed by atoms with Crippen LogP contribution in [-0.4, -0.2) is 41.2 Å². The lowest BCUT2D eigenvalue weighted by molar-refractivity contribution is 0.388. The highest BCUT2D eigenvalue weighted by Crippen LogP contribution is 2.32. The van der Waals surface area contributed by atoms with Crippen LogP contribution in [0.15, 0.2) is 18.2 Å². The van der Waals surface area contributed by atoms with Crippen LogP contribution >= 0.6 is 0 Å². The van der Waals surface area contributed by atoms with Crippen LogP contribution in [0.3, 0.4) is 0 Å². The van der Waals surface area contributed by atoms with E-state index in [1.165, 1.54) is 0 Å². The predicted octanol–water partition coefficient (Wildman–Crippen LogP) is 1.79.